The molecule has 30 heavy (non-hydrogen) atoms. The highest BCUT2D eigenvalue weighted by Gasteiger charge is 2.47. The van der Waals surface area contributed by atoms with Crippen molar-refractivity contribution in [1.82, 2.24) is 9.80 Å². The summed E-state index contributed by atoms with van der Waals surface area (Å²) in [5, 5.41) is 12.7. The van der Waals surface area contributed by atoms with Crippen LogP contribution in [0.4, 0.5) is 4.39 Å². The van der Waals surface area contributed by atoms with Gasteiger partial charge < -0.3 is 14.9 Å². The third-order valence-corrected chi connectivity index (χ3v) is 8.25. The molecular formula is C25H38ClFN2O. The average Bonchev–Trinajstić information content (AvgIpc) is 2.76. The van der Waals surface area contributed by atoms with Crippen molar-refractivity contribution in [3.63, 3.8) is 0 Å². The molecule has 1 N–H and O–H groups in total. The lowest BCUT2D eigenvalue weighted by Gasteiger charge is -2.49. The summed E-state index contributed by atoms with van der Waals surface area (Å²) in [6.07, 6.45) is 11.2. The Labute approximate surface area is 186 Å². The second-order valence-corrected chi connectivity index (χ2v) is 10.3. The molecule has 1 aliphatic carbocycles. The summed E-state index contributed by atoms with van der Waals surface area (Å²) in [6.45, 7) is 6.37. The van der Waals surface area contributed by atoms with Gasteiger partial charge in [0.05, 0.1) is 5.60 Å². The summed E-state index contributed by atoms with van der Waals surface area (Å²) in [4.78, 5) is 5.07. The summed E-state index contributed by atoms with van der Waals surface area (Å²) in [7, 11) is 0. The van der Waals surface area contributed by atoms with Gasteiger partial charge in [0.15, 0.2) is 0 Å². The zero-order chi connectivity index (χ0) is 21.0. The van der Waals surface area contributed by atoms with Gasteiger partial charge in [0.1, 0.15) is 5.82 Å². The molecule has 3 nitrogen and oxygen atoms in total. The SMILES string of the molecule is OC1(Cc2c(F)cccc2Cl)C(CN2CCCCC2)CCCC1CN1CCCCC1. The summed E-state index contributed by atoms with van der Waals surface area (Å²) < 4.78 is 14.7. The van der Waals surface area contributed by atoms with Crippen molar-refractivity contribution >= 4 is 11.6 Å². The first kappa shape index (κ1) is 22.5. The first-order valence-corrected chi connectivity index (χ1v) is 12.5. The van der Waals surface area contributed by atoms with E-state index in [0.717, 1.165) is 58.5 Å². The molecule has 2 aliphatic heterocycles. The maximum atomic E-state index is 14.7. The zero-order valence-corrected chi connectivity index (χ0v) is 19.1. The van der Waals surface area contributed by atoms with Crippen molar-refractivity contribution in [3.8, 4) is 0 Å². The van der Waals surface area contributed by atoms with Gasteiger partial charge in [0.25, 0.3) is 0 Å². The normalized spacial score (nSPS) is 31.7. The van der Waals surface area contributed by atoms with Gasteiger partial charge in [0, 0.05) is 41.9 Å². The van der Waals surface area contributed by atoms with Crippen LogP contribution in [0.5, 0.6) is 0 Å². The Hall–Kier alpha value is -0.680. The number of hydrogen-bond donors (Lipinski definition) is 1. The maximum absolute atomic E-state index is 14.7. The fraction of sp³-hybridized carbons (Fsp3) is 0.760. The van der Waals surface area contributed by atoms with Crippen molar-refractivity contribution in [3.05, 3.63) is 34.6 Å². The minimum atomic E-state index is -0.904. The number of nitrogens with zero attached hydrogens (tertiary/aromatic N) is 2. The lowest BCUT2D eigenvalue weighted by molar-refractivity contribution is -0.112. The van der Waals surface area contributed by atoms with E-state index >= 15 is 0 Å². The van der Waals surface area contributed by atoms with Crippen LogP contribution < -0.4 is 0 Å². The number of benzene rings is 1. The van der Waals surface area contributed by atoms with Gasteiger partial charge >= 0.3 is 0 Å². The minimum absolute atomic E-state index is 0.176. The van der Waals surface area contributed by atoms with Crippen LogP contribution >= 0.6 is 11.6 Å². The molecule has 3 aliphatic rings. The van der Waals surface area contributed by atoms with Crippen LogP contribution in [-0.4, -0.2) is 59.8 Å². The number of likely N-dealkylation sites (tertiary alicyclic amines) is 2. The van der Waals surface area contributed by atoms with Crippen LogP contribution in [-0.2, 0) is 6.42 Å². The van der Waals surface area contributed by atoms with Crippen LogP contribution in [0, 0.1) is 17.7 Å². The van der Waals surface area contributed by atoms with Crippen molar-refractivity contribution < 1.29 is 9.50 Å². The molecule has 0 radical (unpaired) electrons. The standard InChI is InChI=1S/C25H38ClFN2O/c26-23-11-8-12-24(27)22(23)17-25(30)20(18-28-13-3-1-4-14-28)9-7-10-21(25)19-29-15-5-2-6-16-29/h8,11-12,20-21,30H,1-7,9-10,13-19H2. The van der Waals surface area contributed by atoms with Crippen molar-refractivity contribution in [2.24, 2.45) is 11.8 Å². The Bertz CT molecular complexity index is 639. The maximum Gasteiger partial charge on any atom is 0.127 e. The number of piperidine rings is 2. The van der Waals surface area contributed by atoms with Gasteiger partial charge in [-0.15, -0.1) is 0 Å². The first-order valence-electron chi connectivity index (χ1n) is 12.2. The monoisotopic (exact) mass is 436 g/mol. The van der Waals surface area contributed by atoms with Crippen LogP contribution in [0.15, 0.2) is 18.2 Å². The van der Waals surface area contributed by atoms with Gasteiger partial charge in [0.2, 0.25) is 0 Å². The molecule has 4 rings (SSSR count). The predicted molar refractivity (Wildman–Crippen MR) is 121 cm³/mol. The van der Waals surface area contributed by atoms with Gasteiger partial charge in [-0.3, -0.25) is 0 Å². The molecule has 1 aromatic carbocycles. The van der Waals surface area contributed by atoms with Gasteiger partial charge in [-0.05, 0) is 76.8 Å². The lowest BCUT2D eigenvalue weighted by atomic mass is 9.65. The largest absolute Gasteiger partial charge is 0.389 e. The Morgan fingerprint density at radius 1 is 0.867 bits per heavy atom. The van der Waals surface area contributed by atoms with E-state index in [1.54, 1.807) is 12.1 Å². The molecule has 1 aromatic rings. The van der Waals surface area contributed by atoms with Crippen LogP contribution in [0.3, 0.4) is 0 Å². The number of halogens is 2. The molecule has 2 heterocycles. The summed E-state index contributed by atoms with van der Waals surface area (Å²) in [5.41, 5.74) is -0.408. The molecule has 2 saturated heterocycles. The first-order chi connectivity index (χ1) is 14.6. The molecule has 5 heteroatoms. The molecule has 0 aromatic heterocycles. The predicted octanol–water partition coefficient (Wildman–Crippen LogP) is 5.14. The van der Waals surface area contributed by atoms with Crippen LogP contribution in [0.1, 0.15) is 63.4 Å². The molecule has 0 amide bonds. The molecule has 2 atom stereocenters. The van der Waals surface area contributed by atoms with Gasteiger partial charge in [-0.2, -0.15) is 0 Å². The van der Waals surface area contributed by atoms with E-state index in [1.165, 1.54) is 44.6 Å². The quantitative estimate of drug-likeness (QED) is 0.668. The summed E-state index contributed by atoms with van der Waals surface area (Å²) in [6, 6.07) is 4.89. The third-order valence-electron chi connectivity index (χ3n) is 7.90. The summed E-state index contributed by atoms with van der Waals surface area (Å²) in [5.74, 6) is 0.0690. The lowest BCUT2D eigenvalue weighted by Crippen LogP contribution is -2.57. The molecule has 2 unspecified atom stereocenters. The Morgan fingerprint density at radius 2 is 1.40 bits per heavy atom. The number of rotatable bonds is 6. The fourth-order valence-electron chi connectivity index (χ4n) is 6.12. The van der Waals surface area contributed by atoms with Crippen molar-refractivity contribution in [2.45, 2.75) is 69.8 Å². The van der Waals surface area contributed by atoms with Crippen molar-refractivity contribution in [2.75, 3.05) is 39.3 Å². The number of hydrogen-bond acceptors (Lipinski definition) is 3. The van der Waals surface area contributed by atoms with Crippen molar-refractivity contribution in [1.29, 1.82) is 0 Å². The third kappa shape index (κ3) is 5.20. The van der Waals surface area contributed by atoms with E-state index in [1.807, 2.05) is 0 Å². The van der Waals surface area contributed by atoms with Crippen LogP contribution in [0.25, 0.3) is 0 Å². The fourth-order valence-corrected chi connectivity index (χ4v) is 6.35. The highest BCUT2D eigenvalue weighted by Crippen LogP contribution is 2.43. The van der Waals surface area contributed by atoms with E-state index < -0.39 is 5.60 Å². The van der Waals surface area contributed by atoms with E-state index in [2.05, 4.69) is 9.80 Å². The smallest absolute Gasteiger partial charge is 0.127 e. The molecular weight excluding hydrogens is 399 g/mol. The number of aliphatic hydroxyl groups is 1. The Balaban J connectivity index is 1.58. The molecule has 168 valence electrons. The minimum Gasteiger partial charge on any atom is -0.389 e. The highest BCUT2D eigenvalue weighted by atomic mass is 35.5. The van der Waals surface area contributed by atoms with Crippen LogP contribution in [0.2, 0.25) is 5.02 Å². The van der Waals surface area contributed by atoms with Gasteiger partial charge in [-0.25, -0.2) is 4.39 Å². The van der Waals surface area contributed by atoms with Gasteiger partial charge in [-0.1, -0.05) is 36.9 Å². The Kier molecular flexibility index (Phi) is 7.72. The average molecular weight is 437 g/mol. The zero-order valence-electron chi connectivity index (χ0n) is 18.3. The van der Waals surface area contributed by atoms with E-state index in [0.29, 0.717) is 17.0 Å². The summed E-state index contributed by atoms with van der Waals surface area (Å²) >= 11 is 6.42. The second-order valence-electron chi connectivity index (χ2n) is 9.92. The molecule has 0 spiro atoms. The molecule has 3 fully saturated rings. The van der Waals surface area contributed by atoms with E-state index in [-0.39, 0.29) is 17.7 Å². The van der Waals surface area contributed by atoms with E-state index in [9.17, 15) is 9.50 Å². The molecule has 1 saturated carbocycles. The topological polar surface area (TPSA) is 26.7 Å². The second kappa shape index (κ2) is 10.3. The highest BCUT2D eigenvalue weighted by molar-refractivity contribution is 6.31. The Morgan fingerprint density at radius 3 is 1.90 bits per heavy atom. The van der Waals surface area contributed by atoms with E-state index in [4.69, 9.17) is 11.6 Å². The molecule has 0 bridgehead atoms.